The molecule has 1 aromatic heterocycles. The number of amides is 1. The van der Waals surface area contributed by atoms with E-state index in [1.807, 2.05) is 25.4 Å². The van der Waals surface area contributed by atoms with Gasteiger partial charge in [-0.3, -0.25) is 4.79 Å². The van der Waals surface area contributed by atoms with Crippen LogP contribution in [0.15, 0.2) is 29.6 Å². The number of aryl methyl sites for hydroxylation is 1. The fourth-order valence-corrected chi connectivity index (χ4v) is 6.01. The van der Waals surface area contributed by atoms with Crippen molar-refractivity contribution in [2.24, 2.45) is 0 Å². The Hall–Kier alpha value is -2.05. The molecule has 0 spiro atoms. The van der Waals surface area contributed by atoms with Crippen molar-refractivity contribution in [3.05, 3.63) is 45.9 Å². The number of likely N-dealkylation sites (N-methyl/N-ethyl adjacent to an activating group) is 1. The summed E-state index contributed by atoms with van der Waals surface area (Å²) in [6.07, 6.45) is 0. The fraction of sp³-hybridized carbons (Fsp3) is 0.524. The molecule has 1 aromatic carbocycles. The third-order valence-corrected chi connectivity index (χ3v) is 8.63. The lowest BCUT2D eigenvalue weighted by Gasteiger charge is -2.39. The van der Waals surface area contributed by atoms with Crippen molar-refractivity contribution >= 4 is 27.5 Å². The molecule has 3 heterocycles. The molecule has 0 unspecified atom stereocenters. The van der Waals surface area contributed by atoms with Gasteiger partial charge in [0.15, 0.2) is 0 Å². The van der Waals surface area contributed by atoms with Crippen molar-refractivity contribution in [1.82, 2.24) is 23.4 Å². The van der Waals surface area contributed by atoms with Gasteiger partial charge in [0.05, 0.1) is 10.7 Å². The zero-order chi connectivity index (χ0) is 22.7. The fourth-order valence-electron chi connectivity index (χ4n) is 3.84. The van der Waals surface area contributed by atoms with Gasteiger partial charge in [0, 0.05) is 63.3 Å². The van der Waals surface area contributed by atoms with E-state index < -0.39 is 10.2 Å². The highest BCUT2D eigenvalue weighted by molar-refractivity contribution is 7.86. The molecule has 4 rings (SSSR count). The van der Waals surface area contributed by atoms with Gasteiger partial charge in [0.1, 0.15) is 12.4 Å². The van der Waals surface area contributed by atoms with E-state index in [0.29, 0.717) is 57.2 Å². The van der Waals surface area contributed by atoms with Crippen LogP contribution < -0.4 is 4.74 Å². The summed E-state index contributed by atoms with van der Waals surface area (Å²) in [7, 11) is -1.49. The van der Waals surface area contributed by atoms with Crippen LogP contribution in [0.5, 0.6) is 5.75 Å². The number of rotatable bonds is 6. The summed E-state index contributed by atoms with van der Waals surface area (Å²) in [5.74, 6) is 0.495. The summed E-state index contributed by atoms with van der Waals surface area (Å²) in [6, 6.07) is 7.10. The predicted molar refractivity (Wildman–Crippen MR) is 123 cm³/mol. The predicted octanol–water partition coefficient (Wildman–Crippen LogP) is 1.28. The lowest BCUT2D eigenvalue weighted by Crippen LogP contribution is -2.57. The molecule has 11 heteroatoms. The van der Waals surface area contributed by atoms with Crippen LogP contribution in [0.3, 0.4) is 0 Å². The second-order valence-electron chi connectivity index (χ2n) is 8.08. The normalized spacial score (nSPS) is 19.2. The first-order chi connectivity index (χ1) is 15.3. The first-order valence-electron chi connectivity index (χ1n) is 10.7. The van der Waals surface area contributed by atoms with E-state index >= 15 is 0 Å². The second kappa shape index (κ2) is 9.84. The Morgan fingerprint density at radius 3 is 2.34 bits per heavy atom. The average molecular weight is 480 g/mol. The number of benzene rings is 1. The van der Waals surface area contributed by atoms with Gasteiger partial charge in [0.25, 0.3) is 16.1 Å². The number of aromatic nitrogens is 1. The van der Waals surface area contributed by atoms with E-state index in [-0.39, 0.29) is 5.91 Å². The molecule has 9 nitrogen and oxygen atoms in total. The summed E-state index contributed by atoms with van der Waals surface area (Å²) in [5, 5.41) is 2.95. The molecule has 2 aliphatic rings. The molecule has 32 heavy (non-hydrogen) atoms. The number of thiazole rings is 1. The minimum absolute atomic E-state index is 0.114. The van der Waals surface area contributed by atoms with Crippen molar-refractivity contribution in [1.29, 1.82) is 0 Å². The van der Waals surface area contributed by atoms with E-state index in [2.05, 4.69) is 9.88 Å². The number of ether oxygens (including phenoxy) is 1. The molecule has 2 aromatic rings. The Balaban J connectivity index is 1.33. The molecule has 2 aliphatic heterocycles. The molecular weight excluding hydrogens is 450 g/mol. The largest absolute Gasteiger partial charge is 0.487 e. The Bertz CT molecular complexity index is 1040. The first-order valence-corrected chi connectivity index (χ1v) is 13.0. The molecule has 0 bridgehead atoms. The van der Waals surface area contributed by atoms with Crippen LogP contribution in [-0.2, 0) is 16.8 Å². The Kier molecular flexibility index (Phi) is 7.11. The average Bonchev–Trinajstić information content (AvgIpc) is 3.23. The van der Waals surface area contributed by atoms with E-state index in [4.69, 9.17) is 4.74 Å². The van der Waals surface area contributed by atoms with Crippen LogP contribution in [-0.4, -0.2) is 97.1 Å². The van der Waals surface area contributed by atoms with Crippen molar-refractivity contribution in [3.8, 4) is 5.75 Å². The molecule has 0 saturated carbocycles. The molecule has 0 atom stereocenters. The first kappa shape index (κ1) is 23.1. The monoisotopic (exact) mass is 479 g/mol. The maximum Gasteiger partial charge on any atom is 0.282 e. The number of hydrogen-bond donors (Lipinski definition) is 0. The zero-order valence-corrected chi connectivity index (χ0v) is 20.1. The number of hydrogen-bond acceptors (Lipinski definition) is 7. The summed E-state index contributed by atoms with van der Waals surface area (Å²) in [6.45, 7) is 6.13. The van der Waals surface area contributed by atoms with Crippen molar-refractivity contribution in [3.63, 3.8) is 0 Å². The lowest BCUT2D eigenvalue weighted by atomic mass is 10.1. The molecule has 0 radical (unpaired) electrons. The quantitative estimate of drug-likeness (QED) is 0.621. The third kappa shape index (κ3) is 5.29. The zero-order valence-electron chi connectivity index (χ0n) is 18.4. The van der Waals surface area contributed by atoms with E-state index in [1.54, 1.807) is 38.7 Å². The van der Waals surface area contributed by atoms with Gasteiger partial charge >= 0.3 is 0 Å². The highest BCUT2D eigenvalue weighted by atomic mass is 32.2. The molecular formula is C21H29N5O4S2. The van der Waals surface area contributed by atoms with Crippen molar-refractivity contribution in [2.45, 2.75) is 13.5 Å². The second-order valence-corrected chi connectivity index (χ2v) is 11.1. The van der Waals surface area contributed by atoms with Gasteiger partial charge in [-0.15, -0.1) is 11.3 Å². The van der Waals surface area contributed by atoms with Crippen LogP contribution in [0.1, 0.15) is 21.1 Å². The summed E-state index contributed by atoms with van der Waals surface area (Å²) in [5.41, 5.74) is 1.40. The van der Waals surface area contributed by atoms with Gasteiger partial charge in [-0.25, -0.2) is 4.98 Å². The summed E-state index contributed by atoms with van der Waals surface area (Å²) < 4.78 is 34.7. The lowest BCUT2D eigenvalue weighted by molar-refractivity contribution is 0.0691. The standard InChI is InChI=1S/C21H29N5O4S2/c1-17-22-19(16-31-17)15-30-20-5-3-4-18(14-20)21(27)24-8-12-26(13-9-24)32(28,29)25-10-6-23(2)7-11-25/h3-5,14,16H,6-13,15H2,1-2H3. The maximum absolute atomic E-state index is 13.0. The number of piperazine rings is 2. The minimum atomic E-state index is -3.48. The van der Waals surface area contributed by atoms with Crippen molar-refractivity contribution in [2.75, 3.05) is 59.4 Å². The van der Waals surface area contributed by atoms with Crippen LogP contribution in [0, 0.1) is 6.92 Å². The van der Waals surface area contributed by atoms with E-state index in [9.17, 15) is 13.2 Å². The highest BCUT2D eigenvalue weighted by Crippen LogP contribution is 2.20. The number of carbonyl (C=O) groups is 1. The summed E-state index contributed by atoms with van der Waals surface area (Å²) >= 11 is 1.57. The molecule has 0 N–H and O–H groups in total. The maximum atomic E-state index is 13.0. The molecule has 2 fully saturated rings. The Morgan fingerprint density at radius 1 is 1.06 bits per heavy atom. The van der Waals surface area contributed by atoms with Gasteiger partial charge in [-0.2, -0.15) is 17.0 Å². The van der Waals surface area contributed by atoms with Crippen LogP contribution in [0.4, 0.5) is 0 Å². The number of carbonyl (C=O) groups excluding carboxylic acids is 1. The molecule has 0 aliphatic carbocycles. The van der Waals surface area contributed by atoms with Gasteiger partial charge < -0.3 is 14.5 Å². The molecule has 174 valence electrons. The van der Waals surface area contributed by atoms with Gasteiger partial charge in [-0.1, -0.05) is 6.07 Å². The Labute approximate surface area is 193 Å². The smallest absolute Gasteiger partial charge is 0.282 e. The molecule has 1 amide bonds. The third-order valence-electron chi connectivity index (χ3n) is 5.77. The van der Waals surface area contributed by atoms with Crippen LogP contribution in [0.25, 0.3) is 0 Å². The van der Waals surface area contributed by atoms with Gasteiger partial charge in [-0.05, 0) is 32.2 Å². The highest BCUT2D eigenvalue weighted by Gasteiger charge is 2.34. The topological polar surface area (TPSA) is 86.3 Å². The minimum Gasteiger partial charge on any atom is -0.487 e. The number of nitrogens with zero attached hydrogens (tertiary/aromatic N) is 5. The van der Waals surface area contributed by atoms with Gasteiger partial charge in [0.2, 0.25) is 0 Å². The van der Waals surface area contributed by atoms with Crippen LogP contribution in [0.2, 0.25) is 0 Å². The van der Waals surface area contributed by atoms with E-state index in [1.165, 1.54) is 4.31 Å². The SMILES string of the molecule is Cc1nc(COc2cccc(C(=O)N3CCN(S(=O)(=O)N4CCN(C)CC4)CC3)c2)cs1. The van der Waals surface area contributed by atoms with E-state index in [0.717, 1.165) is 23.8 Å². The van der Waals surface area contributed by atoms with Crippen LogP contribution >= 0.6 is 11.3 Å². The molecule has 2 saturated heterocycles. The van der Waals surface area contributed by atoms with Crippen molar-refractivity contribution < 1.29 is 17.9 Å². The summed E-state index contributed by atoms with van der Waals surface area (Å²) in [4.78, 5) is 21.2. The Morgan fingerprint density at radius 2 is 1.72 bits per heavy atom.